The normalized spacial score (nSPS) is 20.3. The van der Waals surface area contributed by atoms with Gasteiger partial charge in [0.05, 0.1) is 38.2 Å². The van der Waals surface area contributed by atoms with Gasteiger partial charge in [0.2, 0.25) is 0 Å². The Morgan fingerprint density at radius 2 is 1.68 bits per heavy atom. The Hall–Kier alpha value is -3.09. The van der Waals surface area contributed by atoms with Crippen LogP contribution in [0.1, 0.15) is 43.3 Å². The van der Waals surface area contributed by atoms with Gasteiger partial charge in [-0.25, -0.2) is 15.0 Å². The monoisotopic (exact) mass is 509 g/mol. The number of amides is 1. The SMILES string of the molecule is CC(C)n1cc(-c2nc(N3CCOCC3)c3nc(C(=O)N4CCC(N5CCOCC5)CC4)[nH]c3n2)cn1. The highest BCUT2D eigenvalue weighted by Gasteiger charge is 2.30. The van der Waals surface area contributed by atoms with Crippen molar-refractivity contribution in [1.82, 2.24) is 39.5 Å². The number of likely N-dealkylation sites (tertiary alicyclic amines) is 1. The Morgan fingerprint density at radius 1 is 0.973 bits per heavy atom. The molecule has 6 heterocycles. The van der Waals surface area contributed by atoms with Crippen molar-refractivity contribution < 1.29 is 14.3 Å². The number of piperidine rings is 1. The lowest BCUT2D eigenvalue weighted by molar-refractivity contribution is 0.00147. The van der Waals surface area contributed by atoms with E-state index in [1.165, 1.54) is 0 Å². The number of nitrogens with zero attached hydrogens (tertiary/aromatic N) is 8. The van der Waals surface area contributed by atoms with Crippen molar-refractivity contribution in [3.63, 3.8) is 0 Å². The van der Waals surface area contributed by atoms with Gasteiger partial charge in [-0.15, -0.1) is 0 Å². The van der Waals surface area contributed by atoms with E-state index in [2.05, 4.69) is 33.7 Å². The first-order valence-electron chi connectivity index (χ1n) is 13.3. The zero-order valence-electron chi connectivity index (χ0n) is 21.6. The summed E-state index contributed by atoms with van der Waals surface area (Å²) in [4.78, 5) is 37.7. The van der Waals surface area contributed by atoms with Gasteiger partial charge < -0.3 is 24.3 Å². The largest absolute Gasteiger partial charge is 0.379 e. The van der Waals surface area contributed by atoms with Crippen molar-refractivity contribution in [2.45, 2.75) is 38.8 Å². The maximum Gasteiger partial charge on any atom is 0.289 e. The van der Waals surface area contributed by atoms with E-state index >= 15 is 0 Å². The molecule has 6 rings (SSSR count). The number of carbonyl (C=O) groups excluding carboxylic acids is 1. The van der Waals surface area contributed by atoms with Crippen molar-refractivity contribution in [2.75, 3.05) is 70.6 Å². The summed E-state index contributed by atoms with van der Waals surface area (Å²) in [5.74, 6) is 1.52. The molecule has 3 aliphatic heterocycles. The zero-order valence-corrected chi connectivity index (χ0v) is 21.6. The summed E-state index contributed by atoms with van der Waals surface area (Å²) in [6.07, 6.45) is 5.67. The van der Waals surface area contributed by atoms with Gasteiger partial charge >= 0.3 is 0 Å². The van der Waals surface area contributed by atoms with Crippen LogP contribution < -0.4 is 4.90 Å². The predicted molar refractivity (Wildman–Crippen MR) is 138 cm³/mol. The van der Waals surface area contributed by atoms with Crippen LogP contribution in [0.15, 0.2) is 12.4 Å². The number of hydrogen-bond donors (Lipinski definition) is 1. The van der Waals surface area contributed by atoms with Crippen LogP contribution in [0.2, 0.25) is 0 Å². The molecule has 0 unspecified atom stereocenters. The van der Waals surface area contributed by atoms with Gasteiger partial charge in [0, 0.05) is 57.5 Å². The fourth-order valence-corrected chi connectivity index (χ4v) is 5.37. The summed E-state index contributed by atoms with van der Waals surface area (Å²) in [6, 6.07) is 0.747. The topological polar surface area (TPSA) is 118 Å². The second kappa shape index (κ2) is 10.3. The number of fused-ring (bicyclic) bond motifs is 1. The van der Waals surface area contributed by atoms with Crippen LogP contribution in [0.25, 0.3) is 22.6 Å². The Morgan fingerprint density at radius 3 is 2.35 bits per heavy atom. The summed E-state index contributed by atoms with van der Waals surface area (Å²) in [5.41, 5.74) is 2.02. The van der Waals surface area contributed by atoms with Crippen LogP contribution in [-0.4, -0.2) is 117 Å². The van der Waals surface area contributed by atoms with Crippen molar-refractivity contribution in [2.24, 2.45) is 0 Å². The van der Waals surface area contributed by atoms with Crippen molar-refractivity contribution in [3.05, 3.63) is 18.2 Å². The molecule has 0 atom stereocenters. The van der Waals surface area contributed by atoms with Gasteiger partial charge in [-0.3, -0.25) is 14.4 Å². The lowest BCUT2D eigenvalue weighted by Crippen LogP contribution is -2.50. The molecule has 0 aliphatic carbocycles. The Labute approximate surface area is 216 Å². The zero-order chi connectivity index (χ0) is 25.4. The van der Waals surface area contributed by atoms with E-state index < -0.39 is 0 Å². The molecular formula is C25H35N9O3. The number of nitrogens with one attached hydrogen (secondary N) is 1. The third-order valence-electron chi connectivity index (χ3n) is 7.54. The highest BCUT2D eigenvalue weighted by Crippen LogP contribution is 2.28. The molecule has 37 heavy (non-hydrogen) atoms. The molecule has 1 amide bonds. The minimum absolute atomic E-state index is 0.0828. The van der Waals surface area contributed by atoms with Crippen LogP contribution in [0, 0.1) is 0 Å². The average Bonchev–Trinajstić information content (AvgIpc) is 3.61. The van der Waals surface area contributed by atoms with Gasteiger partial charge in [-0.1, -0.05) is 0 Å². The van der Waals surface area contributed by atoms with Crippen molar-refractivity contribution >= 4 is 22.9 Å². The first kappa shape index (κ1) is 24.3. The van der Waals surface area contributed by atoms with E-state index in [0.29, 0.717) is 55.2 Å². The fourth-order valence-electron chi connectivity index (χ4n) is 5.37. The summed E-state index contributed by atoms with van der Waals surface area (Å²) in [6.45, 7) is 11.8. The van der Waals surface area contributed by atoms with Crippen LogP contribution in [0.5, 0.6) is 0 Å². The van der Waals surface area contributed by atoms with Crippen LogP contribution in [0.3, 0.4) is 0 Å². The first-order valence-corrected chi connectivity index (χ1v) is 13.3. The van der Waals surface area contributed by atoms with Gasteiger partial charge in [0.15, 0.2) is 28.6 Å². The number of rotatable bonds is 5. The second-order valence-electron chi connectivity index (χ2n) is 10.2. The van der Waals surface area contributed by atoms with E-state index in [-0.39, 0.29) is 11.9 Å². The highest BCUT2D eigenvalue weighted by atomic mass is 16.5. The van der Waals surface area contributed by atoms with E-state index in [9.17, 15) is 4.79 Å². The number of ether oxygens (including phenoxy) is 2. The van der Waals surface area contributed by atoms with Crippen molar-refractivity contribution in [3.8, 4) is 11.4 Å². The number of H-pyrrole nitrogens is 1. The number of imidazole rings is 1. The molecule has 0 aromatic carbocycles. The Balaban J connectivity index is 1.27. The molecule has 12 heteroatoms. The molecule has 0 radical (unpaired) electrons. The summed E-state index contributed by atoms with van der Waals surface area (Å²) in [7, 11) is 0. The van der Waals surface area contributed by atoms with E-state index in [4.69, 9.17) is 24.4 Å². The lowest BCUT2D eigenvalue weighted by Gasteiger charge is -2.39. The standard InChI is InChI=1S/C25H35N9O3/c1-17(2)34-16-18(15-26-34)21-28-22-20(24(30-21)32-9-13-37-14-10-32)27-23(29-22)25(35)33-5-3-19(4-6-33)31-7-11-36-12-8-31/h15-17,19H,3-14H2,1-2H3,(H,27,28,29,30). The quantitative estimate of drug-likeness (QED) is 0.547. The molecule has 0 saturated carbocycles. The minimum atomic E-state index is -0.0828. The second-order valence-corrected chi connectivity index (χ2v) is 10.2. The summed E-state index contributed by atoms with van der Waals surface area (Å²) in [5, 5.41) is 4.45. The maximum absolute atomic E-state index is 13.5. The van der Waals surface area contributed by atoms with E-state index in [1.807, 2.05) is 15.8 Å². The fraction of sp³-hybridized carbons (Fsp3) is 0.640. The molecule has 3 aromatic rings. The lowest BCUT2D eigenvalue weighted by atomic mass is 10.0. The Bertz CT molecular complexity index is 1240. The molecule has 3 saturated heterocycles. The van der Waals surface area contributed by atoms with Crippen LogP contribution in [-0.2, 0) is 9.47 Å². The number of carbonyl (C=O) groups is 1. The third kappa shape index (κ3) is 4.92. The number of anilines is 1. The molecule has 0 bridgehead atoms. The molecule has 0 spiro atoms. The summed E-state index contributed by atoms with van der Waals surface area (Å²) < 4.78 is 12.9. The molecule has 12 nitrogen and oxygen atoms in total. The minimum Gasteiger partial charge on any atom is -0.379 e. The van der Waals surface area contributed by atoms with E-state index in [1.54, 1.807) is 6.20 Å². The number of aromatic nitrogens is 6. The average molecular weight is 510 g/mol. The summed E-state index contributed by atoms with van der Waals surface area (Å²) >= 11 is 0. The highest BCUT2D eigenvalue weighted by molar-refractivity contribution is 5.96. The van der Waals surface area contributed by atoms with E-state index in [0.717, 1.165) is 63.6 Å². The predicted octanol–water partition coefficient (Wildman–Crippen LogP) is 1.57. The van der Waals surface area contributed by atoms with Crippen LogP contribution >= 0.6 is 0 Å². The third-order valence-corrected chi connectivity index (χ3v) is 7.54. The van der Waals surface area contributed by atoms with Crippen LogP contribution in [0.4, 0.5) is 5.82 Å². The Kier molecular flexibility index (Phi) is 6.78. The number of aromatic amines is 1. The first-order chi connectivity index (χ1) is 18.1. The number of hydrogen-bond acceptors (Lipinski definition) is 9. The molecular weight excluding hydrogens is 474 g/mol. The smallest absolute Gasteiger partial charge is 0.289 e. The van der Waals surface area contributed by atoms with Crippen molar-refractivity contribution in [1.29, 1.82) is 0 Å². The van der Waals surface area contributed by atoms with Gasteiger partial charge in [0.25, 0.3) is 5.91 Å². The maximum atomic E-state index is 13.5. The van der Waals surface area contributed by atoms with Gasteiger partial charge in [-0.05, 0) is 26.7 Å². The molecule has 3 aromatic heterocycles. The molecule has 3 fully saturated rings. The molecule has 1 N–H and O–H groups in total. The van der Waals surface area contributed by atoms with Gasteiger partial charge in [0.1, 0.15) is 0 Å². The van der Waals surface area contributed by atoms with Gasteiger partial charge in [-0.2, -0.15) is 5.10 Å². The number of morpholine rings is 2. The molecule has 198 valence electrons. The molecule has 3 aliphatic rings.